The van der Waals surface area contributed by atoms with Crippen molar-refractivity contribution >= 4 is 17.9 Å². The van der Waals surface area contributed by atoms with Gasteiger partial charge in [0, 0.05) is 23.3 Å². The maximum Gasteiger partial charge on any atom is 0.343 e. The number of benzene rings is 3. The quantitative estimate of drug-likeness (QED) is 0.0543. The van der Waals surface area contributed by atoms with Gasteiger partial charge < -0.3 is 38.6 Å². The molecule has 0 aliphatic carbocycles. The molecule has 244 valence electrons. The van der Waals surface area contributed by atoms with Crippen molar-refractivity contribution in [3.05, 3.63) is 115 Å². The monoisotopic (exact) mass is 634 g/mol. The summed E-state index contributed by atoms with van der Waals surface area (Å²) < 4.78 is 31.9. The second-order valence-corrected chi connectivity index (χ2v) is 9.75. The Morgan fingerprint density at radius 2 is 1.09 bits per heavy atom. The lowest BCUT2D eigenvalue weighted by molar-refractivity contribution is -0.139. The molecule has 3 aromatic rings. The summed E-state index contributed by atoms with van der Waals surface area (Å²) in [5.41, 5.74) is 1.27. The zero-order valence-corrected chi connectivity index (χ0v) is 25.4. The average molecular weight is 635 g/mol. The van der Waals surface area contributed by atoms with Gasteiger partial charge in [0.25, 0.3) is 0 Å². The fraction of sp³-hybridized carbons (Fsp3) is 0.286. The lowest BCUT2D eigenvalue weighted by Gasteiger charge is -2.15. The summed E-state index contributed by atoms with van der Waals surface area (Å²) in [5.74, 6) is -0.276. The first-order valence-corrected chi connectivity index (χ1v) is 14.7. The Kier molecular flexibility index (Phi) is 15.0. The molecule has 2 N–H and O–H groups in total. The minimum Gasteiger partial charge on any atom is -0.494 e. The fourth-order valence-corrected chi connectivity index (χ4v) is 3.81. The Hall–Kier alpha value is -4.97. The molecule has 0 amide bonds. The van der Waals surface area contributed by atoms with Crippen molar-refractivity contribution in [3.8, 4) is 17.2 Å². The Balaban J connectivity index is 1.38. The average Bonchev–Trinajstić information content (AvgIpc) is 3.08. The molecule has 0 aliphatic heterocycles. The highest BCUT2D eigenvalue weighted by Gasteiger charge is 2.14. The van der Waals surface area contributed by atoms with E-state index >= 15 is 0 Å². The van der Waals surface area contributed by atoms with Crippen LogP contribution in [0.2, 0.25) is 0 Å². The number of hydrogen-bond donors (Lipinski definition) is 2. The van der Waals surface area contributed by atoms with Gasteiger partial charge in [-0.1, -0.05) is 25.3 Å². The van der Waals surface area contributed by atoms with Crippen LogP contribution in [0, 0.1) is 0 Å². The van der Waals surface area contributed by atoms with Gasteiger partial charge in [-0.2, -0.15) is 0 Å². The van der Waals surface area contributed by atoms with Crippen LogP contribution in [0.25, 0.3) is 0 Å². The van der Waals surface area contributed by atoms with Crippen molar-refractivity contribution in [1.82, 2.24) is 0 Å². The van der Waals surface area contributed by atoms with E-state index in [-0.39, 0.29) is 24.5 Å². The molecule has 0 spiro atoms. The van der Waals surface area contributed by atoms with Crippen LogP contribution in [0.15, 0.2) is 98.1 Å². The summed E-state index contributed by atoms with van der Waals surface area (Å²) in [7, 11) is 0. The minimum absolute atomic E-state index is 0.246. The molecule has 0 heterocycles. The molecular formula is C35H38O11. The van der Waals surface area contributed by atoms with Crippen LogP contribution >= 0.6 is 0 Å². The number of aliphatic hydroxyl groups excluding tert-OH is 2. The number of unbranched alkanes of at least 4 members (excludes halogenated alkanes) is 2. The van der Waals surface area contributed by atoms with E-state index in [2.05, 4.69) is 13.2 Å². The molecule has 0 fully saturated rings. The van der Waals surface area contributed by atoms with Crippen LogP contribution in [0.5, 0.6) is 17.2 Å². The maximum atomic E-state index is 12.6. The molecule has 11 nitrogen and oxygen atoms in total. The summed E-state index contributed by atoms with van der Waals surface area (Å²) in [6.45, 7) is 7.93. The van der Waals surface area contributed by atoms with Crippen molar-refractivity contribution in [2.45, 2.75) is 38.3 Å². The first-order chi connectivity index (χ1) is 22.3. The van der Waals surface area contributed by atoms with E-state index in [1.165, 1.54) is 12.1 Å². The fourth-order valence-electron chi connectivity index (χ4n) is 3.81. The first kappa shape index (κ1) is 35.5. The van der Waals surface area contributed by atoms with Crippen molar-refractivity contribution < 1.29 is 53.0 Å². The summed E-state index contributed by atoms with van der Waals surface area (Å²) in [4.78, 5) is 34.6. The standard InChI is InChI=1S/C35H38O11/c1-3-31(36)42-22-6-5-21-41-28-15-9-26(10-16-28)34(39)46-30-19-13-27(14-20-30)35(40)45-29-17-11-25(12-18-29)33(38)44-24-8-7-23-43-32(37)4-2/h3-4,9-20,33-34,38-39H,1-2,5-8,21-24H2. The lowest BCUT2D eigenvalue weighted by Crippen LogP contribution is -2.10. The predicted molar refractivity (Wildman–Crippen MR) is 167 cm³/mol. The summed E-state index contributed by atoms with van der Waals surface area (Å²) >= 11 is 0. The smallest absolute Gasteiger partial charge is 0.343 e. The van der Waals surface area contributed by atoms with Crippen LogP contribution in [0.3, 0.4) is 0 Å². The van der Waals surface area contributed by atoms with E-state index in [4.69, 9.17) is 28.4 Å². The second-order valence-electron chi connectivity index (χ2n) is 9.75. The number of carbonyl (C=O) groups excluding carboxylic acids is 3. The highest BCUT2D eigenvalue weighted by molar-refractivity contribution is 5.91. The van der Waals surface area contributed by atoms with E-state index in [0.29, 0.717) is 61.5 Å². The summed E-state index contributed by atoms with van der Waals surface area (Å²) in [5, 5.41) is 20.7. The van der Waals surface area contributed by atoms with Gasteiger partial charge in [0.2, 0.25) is 6.29 Å². The molecule has 0 bridgehead atoms. The molecule has 0 aromatic heterocycles. The number of carbonyl (C=O) groups is 3. The van der Waals surface area contributed by atoms with Gasteiger partial charge in [-0.05, 0) is 86.3 Å². The van der Waals surface area contributed by atoms with E-state index in [9.17, 15) is 24.6 Å². The topological polar surface area (TPSA) is 147 Å². The van der Waals surface area contributed by atoms with E-state index in [0.717, 1.165) is 12.2 Å². The largest absolute Gasteiger partial charge is 0.494 e. The lowest BCUT2D eigenvalue weighted by atomic mass is 10.2. The Bertz CT molecular complexity index is 1400. The third-order valence-electron chi connectivity index (χ3n) is 6.32. The number of ether oxygens (including phenoxy) is 6. The van der Waals surface area contributed by atoms with Gasteiger partial charge in [0.15, 0.2) is 6.29 Å². The Morgan fingerprint density at radius 1 is 0.609 bits per heavy atom. The van der Waals surface area contributed by atoms with Crippen LogP contribution in [0.1, 0.15) is 59.7 Å². The van der Waals surface area contributed by atoms with E-state index < -0.39 is 30.5 Å². The SMILES string of the molecule is C=CC(=O)OCCCCOc1ccc(C(O)Oc2ccc(C(=O)Oc3ccc(C(O)OCCCCOC(=O)C=C)cc3)cc2)cc1. The maximum absolute atomic E-state index is 12.6. The molecule has 3 aromatic carbocycles. The Morgan fingerprint density at radius 3 is 1.65 bits per heavy atom. The number of hydrogen-bond acceptors (Lipinski definition) is 11. The number of rotatable bonds is 20. The van der Waals surface area contributed by atoms with Gasteiger partial charge in [0.05, 0.1) is 32.0 Å². The molecule has 0 saturated heterocycles. The first-order valence-electron chi connectivity index (χ1n) is 14.7. The molecule has 46 heavy (non-hydrogen) atoms. The Labute approximate surface area is 267 Å². The summed E-state index contributed by atoms with van der Waals surface area (Å²) in [6.07, 6.45) is 2.35. The predicted octanol–water partition coefficient (Wildman–Crippen LogP) is 5.38. The molecule has 0 radical (unpaired) electrons. The third kappa shape index (κ3) is 12.6. The third-order valence-corrected chi connectivity index (χ3v) is 6.32. The van der Waals surface area contributed by atoms with Gasteiger partial charge in [-0.3, -0.25) is 0 Å². The molecule has 3 rings (SSSR count). The molecule has 0 aliphatic rings. The van der Waals surface area contributed by atoms with Crippen molar-refractivity contribution in [2.75, 3.05) is 26.4 Å². The minimum atomic E-state index is -1.24. The molecule has 2 unspecified atom stereocenters. The zero-order chi connectivity index (χ0) is 33.1. The summed E-state index contributed by atoms with van der Waals surface area (Å²) in [6, 6.07) is 19.2. The van der Waals surface area contributed by atoms with Crippen molar-refractivity contribution in [3.63, 3.8) is 0 Å². The van der Waals surface area contributed by atoms with Gasteiger partial charge in [-0.25, -0.2) is 14.4 Å². The van der Waals surface area contributed by atoms with Crippen LogP contribution < -0.4 is 14.2 Å². The highest BCUT2D eigenvalue weighted by Crippen LogP contribution is 2.24. The second kappa shape index (κ2) is 19.4. The molecule has 11 heteroatoms. The number of aliphatic hydroxyl groups is 2. The normalized spacial score (nSPS) is 11.9. The van der Waals surface area contributed by atoms with Gasteiger partial charge in [-0.15, -0.1) is 0 Å². The van der Waals surface area contributed by atoms with E-state index in [1.807, 2.05) is 0 Å². The molecular weight excluding hydrogens is 596 g/mol. The number of esters is 3. The van der Waals surface area contributed by atoms with Crippen molar-refractivity contribution in [2.24, 2.45) is 0 Å². The van der Waals surface area contributed by atoms with Crippen LogP contribution in [-0.2, 0) is 23.8 Å². The molecule has 2 atom stereocenters. The van der Waals surface area contributed by atoms with Crippen LogP contribution in [0.4, 0.5) is 0 Å². The highest BCUT2D eigenvalue weighted by atomic mass is 16.6. The van der Waals surface area contributed by atoms with Gasteiger partial charge >= 0.3 is 17.9 Å². The zero-order valence-electron chi connectivity index (χ0n) is 25.4. The van der Waals surface area contributed by atoms with Gasteiger partial charge in [0.1, 0.15) is 17.2 Å². The van der Waals surface area contributed by atoms with Crippen molar-refractivity contribution in [1.29, 1.82) is 0 Å². The molecule has 0 saturated carbocycles. The van der Waals surface area contributed by atoms with Crippen LogP contribution in [-0.4, -0.2) is 54.5 Å². The van der Waals surface area contributed by atoms with E-state index in [1.54, 1.807) is 60.7 Å².